The third kappa shape index (κ3) is 4.48. The highest BCUT2D eigenvalue weighted by atomic mass is 16.2. The summed E-state index contributed by atoms with van der Waals surface area (Å²) in [7, 11) is 1.99. The molecule has 3 heteroatoms. The number of hydrogen-bond acceptors (Lipinski definition) is 2. The number of hydrogen-bond donors (Lipinski definition) is 1. The lowest BCUT2D eigenvalue weighted by molar-refractivity contribution is -0.135. The minimum Gasteiger partial charge on any atom is -0.338 e. The van der Waals surface area contributed by atoms with E-state index in [1.807, 2.05) is 7.05 Å². The van der Waals surface area contributed by atoms with E-state index >= 15 is 0 Å². The first-order valence-corrected chi connectivity index (χ1v) is 8.25. The van der Waals surface area contributed by atoms with Crippen LogP contribution in [0.4, 0.5) is 0 Å². The number of nitrogens with zero attached hydrogens (tertiary/aromatic N) is 1. The lowest BCUT2D eigenvalue weighted by atomic mass is 9.94. The highest BCUT2D eigenvalue weighted by molar-refractivity contribution is 5.77. The van der Waals surface area contributed by atoms with E-state index in [0.29, 0.717) is 17.9 Å². The Morgan fingerprint density at radius 2 is 1.74 bits per heavy atom. The topological polar surface area (TPSA) is 32.3 Å². The number of carbonyl (C=O) groups is 1. The van der Waals surface area contributed by atoms with Crippen molar-refractivity contribution in [3.05, 3.63) is 0 Å². The molecule has 1 aliphatic carbocycles. The third-order valence-corrected chi connectivity index (χ3v) is 4.83. The van der Waals surface area contributed by atoms with Crippen LogP contribution in [0.25, 0.3) is 0 Å². The molecule has 0 aromatic heterocycles. The molecule has 1 N–H and O–H groups in total. The van der Waals surface area contributed by atoms with E-state index in [2.05, 4.69) is 10.2 Å². The molecule has 1 amide bonds. The summed E-state index contributed by atoms with van der Waals surface area (Å²) in [5.74, 6) is 1.08. The monoisotopic (exact) mass is 266 g/mol. The fraction of sp³-hybridized carbons (Fsp3) is 0.938. The molecule has 1 unspecified atom stereocenters. The lowest BCUT2D eigenvalue weighted by Gasteiger charge is -2.36. The average molecular weight is 266 g/mol. The van der Waals surface area contributed by atoms with Crippen LogP contribution in [0.1, 0.15) is 64.2 Å². The van der Waals surface area contributed by atoms with Crippen LogP contribution in [0.2, 0.25) is 0 Å². The predicted octanol–water partition coefficient (Wildman–Crippen LogP) is 2.95. The number of carbonyl (C=O) groups excluding carboxylic acids is 1. The first kappa shape index (κ1) is 14.8. The molecule has 1 atom stereocenters. The first-order chi connectivity index (χ1) is 9.31. The molecular formula is C16H30N2O. The van der Waals surface area contributed by atoms with Crippen LogP contribution < -0.4 is 5.32 Å². The summed E-state index contributed by atoms with van der Waals surface area (Å²) < 4.78 is 0. The summed E-state index contributed by atoms with van der Waals surface area (Å²) in [4.78, 5) is 14.7. The van der Waals surface area contributed by atoms with Gasteiger partial charge in [-0.2, -0.15) is 0 Å². The molecule has 2 rings (SSSR count). The molecule has 2 fully saturated rings. The van der Waals surface area contributed by atoms with Gasteiger partial charge in [0, 0.05) is 25.6 Å². The Bertz CT molecular complexity index is 270. The van der Waals surface area contributed by atoms with Gasteiger partial charge in [-0.1, -0.05) is 25.7 Å². The van der Waals surface area contributed by atoms with Crippen molar-refractivity contribution in [3.63, 3.8) is 0 Å². The van der Waals surface area contributed by atoms with Gasteiger partial charge in [0.15, 0.2) is 0 Å². The average Bonchev–Trinajstić information content (AvgIpc) is 2.68. The standard InChI is InChI=1S/C16H30N2O/c1-17-13-15-10-6-7-11-18(15)16(19)12-14-8-4-2-3-5-9-14/h14-15,17H,2-13H2,1H3. The Morgan fingerprint density at radius 1 is 1.05 bits per heavy atom. The molecule has 3 nitrogen and oxygen atoms in total. The van der Waals surface area contributed by atoms with Gasteiger partial charge in [0.25, 0.3) is 0 Å². The molecular weight excluding hydrogens is 236 g/mol. The van der Waals surface area contributed by atoms with Crippen molar-refractivity contribution in [2.75, 3.05) is 20.1 Å². The Kier molecular flexibility index (Phi) is 6.15. The minimum absolute atomic E-state index is 0.423. The zero-order valence-corrected chi connectivity index (χ0v) is 12.5. The second kappa shape index (κ2) is 7.88. The van der Waals surface area contributed by atoms with Crippen LogP contribution in [-0.4, -0.2) is 37.0 Å². The number of rotatable bonds is 4. The van der Waals surface area contributed by atoms with E-state index in [1.165, 1.54) is 57.8 Å². The van der Waals surface area contributed by atoms with E-state index in [1.54, 1.807) is 0 Å². The number of likely N-dealkylation sites (tertiary alicyclic amines) is 1. The molecule has 110 valence electrons. The van der Waals surface area contributed by atoms with Gasteiger partial charge in [-0.05, 0) is 45.1 Å². The summed E-state index contributed by atoms with van der Waals surface area (Å²) >= 11 is 0. The quantitative estimate of drug-likeness (QED) is 0.794. The van der Waals surface area contributed by atoms with Crippen molar-refractivity contribution in [1.29, 1.82) is 0 Å². The summed E-state index contributed by atoms with van der Waals surface area (Å²) in [5.41, 5.74) is 0. The maximum Gasteiger partial charge on any atom is 0.223 e. The highest BCUT2D eigenvalue weighted by Gasteiger charge is 2.27. The smallest absolute Gasteiger partial charge is 0.223 e. The molecule has 0 aromatic carbocycles. The Morgan fingerprint density at radius 3 is 2.42 bits per heavy atom. The van der Waals surface area contributed by atoms with Crippen molar-refractivity contribution >= 4 is 5.91 Å². The molecule has 0 spiro atoms. The fourth-order valence-electron chi connectivity index (χ4n) is 3.71. The molecule has 19 heavy (non-hydrogen) atoms. The largest absolute Gasteiger partial charge is 0.338 e. The number of amides is 1. The summed E-state index contributed by atoms with van der Waals surface area (Å²) in [5, 5.41) is 3.24. The van der Waals surface area contributed by atoms with Crippen LogP contribution in [0.3, 0.4) is 0 Å². The van der Waals surface area contributed by atoms with Gasteiger partial charge in [-0.25, -0.2) is 0 Å². The van der Waals surface area contributed by atoms with Crippen LogP contribution in [0.5, 0.6) is 0 Å². The van der Waals surface area contributed by atoms with E-state index in [-0.39, 0.29) is 0 Å². The number of piperidine rings is 1. The summed E-state index contributed by atoms with van der Waals surface area (Å²) in [6, 6.07) is 0.442. The first-order valence-electron chi connectivity index (χ1n) is 8.25. The molecule has 1 heterocycles. The van der Waals surface area contributed by atoms with E-state index in [0.717, 1.165) is 19.5 Å². The molecule has 0 radical (unpaired) electrons. The van der Waals surface area contributed by atoms with Crippen LogP contribution in [0, 0.1) is 5.92 Å². The van der Waals surface area contributed by atoms with Gasteiger partial charge in [0.05, 0.1) is 0 Å². The van der Waals surface area contributed by atoms with E-state index in [9.17, 15) is 4.79 Å². The minimum atomic E-state index is 0.423. The Hall–Kier alpha value is -0.570. The van der Waals surface area contributed by atoms with Gasteiger partial charge in [-0.3, -0.25) is 4.79 Å². The van der Waals surface area contributed by atoms with Gasteiger partial charge >= 0.3 is 0 Å². The van der Waals surface area contributed by atoms with Crippen LogP contribution in [0.15, 0.2) is 0 Å². The third-order valence-electron chi connectivity index (χ3n) is 4.83. The van der Waals surface area contributed by atoms with Crippen molar-refractivity contribution in [3.8, 4) is 0 Å². The second-order valence-corrected chi connectivity index (χ2v) is 6.36. The zero-order chi connectivity index (χ0) is 13.5. The van der Waals surface area contributed by atoms with Gasteiger partial charge in [0.2, 0.25) is 5.91 Å². The molecule has 1 saturated heterocycles. The number of likely N-dealkylation sites (N-methyl/N-ethyl adjacent to an activating group) is 1. The summed E-state index contributed by atoms with van der Waals surface area (Å²) in [6.45, 7) is 1.94. The van der Waals surface area contributed by atoms with E-state index in [4.69, 9.17) is 0 Å². The van der Waals surface area contributed by atoms with Gasteiger partial charge < -0.3 is 10.2 Å². The fourth-order valence-corrected chi connectivity index (χ4v) is 3.71. The van der Waals surface area contributed by atoms with Gasteiger partial charge in [0.1, 0.15) is 0 Å². The van der Waals surface area contributed by atoms with Crippen molar-refractivity contribution < 1.29 is 4.79 Å². The van der Waals surface area contributed by atoms with E-state index < -0.39 is 0 Å². The molecule has 2 aliphatic rings. The SMILES string of the molecule is CNCC1CCCCN1C(=O)CC1CCCCCC1. The van der Waals surface area contributed by atoms with Crippen molar-refractivity contribution in [1.82, 2.24) is 10.2 Å². The highest BCUT2D eigenvalue weighted by Crippen LogP contribution is 2.27. The lowest BCUT2D eigenvalue weighted by Crippen LogP contribution is -2.48. The summed E-state index contributed by atoms with van der Waals surface area (Å²) in [6.07, 6.45) is 12.4. The van der Waals surface area contributed by atoms with Crippen LogP contribution >= 0.6 is 0 Å². The maximum absolute atomic E-state index is 12.6. The predicted molar refractivity (Wildman–Crippen MR) is 79.1 cm³/mol. The Labute approximate surface area is 118 Å². The maximum atomic E-state index is 12.6. The molecule has 1 aliphatic heterocycles. The zero-order valence-electron chi connectivity index (χ0n) is 12.5. The van der Waals surface area contributed by atoms with Crippen LogP contribution in [-0.2, 0) is 4.79 Å². The van der Waals surface area contributed by atoms with Gasteiger partial charge in [-0.15, -0.1) is 0 Å². The molecule has 0 aromatic rings. The molecule has 0 bridgehead atoms. The van der Waals surface area contributed by atoms with Crippen molar-refractivity contribution in [2.24, 2.45) is 5.92 Å². The Balaban J connectivity index is 1.85. The number of nitrogens with one attached hydrogen (secondary N) is 1. The van der Waals surface area contributed by atoms with Crippen molar-refractivity contribution in [2.45, 2.75) is 70.3 Å². The normalized spacial score (nSPS) is 26.2. The second-order valence-electron chi connectivity index (χ2n) is 6.36. The molecule has 1 saturated carbocycles.